The summed E-state index contributed by atoms with van der Waals surface area (Å²) in [5, 5.41) is 10.6. The van der Waals surface area contributed by atoms with Crippen LogP contribution < -0.4 is 4.90 Å². The molecule has 0 saturated carbocycles. The number of benzene rings is 4. The molecule has 7 nitrogen and oxygen atoms in total. The van der Waals surface area contributed by atoms with Gasteiger partial charge in [0.2, 0.25) is 5.91 Å². The van der Waals surface area contributed by atoms with Gasteiger partial charge >= 0.3 is 12.0 Å². The number of para-hydroxylation sites is 2. The number of anilines is 2. The highest BCUT2D eigenvalue weighted by molar-refractivity contribution is 6.01. The van der Waals surface area contributed by atoms with Gasteiger partial charge in [-0.25, -0.2) is 9.59 Å². The fourth-order valence-electron chi connectivity index (χ4n) is 6.56. The van der Waals surface area contributed by atoms with Gasteiger partial charge in [0.1, 0.15) is 0 Å². The Bertz CT molecular complexity index is 1450. The summed E-state index contributed by atoms with van der Waals surface area (Å²) >= 11 is 0. The van der Waals surface area contributed by atoms with Crippen LogP contribution in [-0.4, -0.2) is 57.5 Å². The monoisotopic (exact) mass is 559 g/mol. The van der Waals surface area contributed by atoms with Gasteiger partial charge in [-0.3, -0.25) is 9.69 Å². The Balaban J connectivity index is 1.39. The number of aliphatic carboxylic acids is 1. The number of likely N-dealkylation sites (tertiary alicyclic amines) is 1. The van der Waals surface area contributed by atoms with Crippen LogP contribution in [0.15, 0.2) is 121 Å². The molecule has 1 N–H and O–H groups in total. The molecule has 0 radical (unpaired) electrons. The van der Waals surface area contributed by atoms with Gasteiger partial charge in [0, 0.05) is 12.6 Å². The van der Waals surface area contributed by atoms with E-state index in [9.17, 15) is 19.5 Å². The summed E-state index contributed by atoms with van der Waals surface area (Å²) in [4.78, 5) is 46.8. The lowest BCUT2D eigenvalue weighted by molar-refractivity contribution is -0.158. The largest absolute Gasteiger partial charge is 0.480 e. The number of piperidine rings is 1. The first kappa shape index (κ1) is 27.3. The molecule has 0 aliphatic carbocycles. The number of carbonyl (C=O) groups is 3. The van der Waals surface area contributed by atoms with E-state index in [-0.39, 0.29) is 18.5 Å². The van der Waals surface area contributed by atoms with Gasteiger partial charge in [0.25, 0.3) is 0 Å². The van der Waals surface area contributed by atoms with Crippen LogP contribution in [0.2, 0.25) is 0 Å². The Kier molecular flexibility index (Phi) is 7.73. The molecule has 0 spiro atoms. The van der Waals surface area contributed by atoms with Gasteiger partial charge in [-0.1, -0.05) is 97.1 Å². The van der Waals surface area contributed by atoms with Crippen molar-refractivity contribution in [3.63, 3.8) is 0 Å². The molecule has 2 bridgehead atoms. The molecule has 2 fully saturated rings. The van der Waals surface area contributed by atoms with E-state index in [1.807, 2.05) is 121 Å². The fourth-order valence-corrected chi connectivity index (χ4v) is 6.56. The number of nitrogens with zero attached hydrogens (tertiary/aromatic N) is 3. The first-order valence-corrected chi connectivity index (χ1v) is 14.4. The second-order valence-electron chi connectivity index (χ2n) is 10.9. The summed E-state index contributed by atoms with van der Waals surface area (Å²) in [6.07, 6.45) is 2.01. The van der Waals surface area contributed by atoms with E-state index in [2.05, 4.69) is 0 Å². The van der Waals surface area contributed by atoms with Crippen molar-refractivity contribution < 1.29 is 19.5 Å². The van der Waals surface area contributed by atoms with Crippen LogP contribution in [-0.2, 0) is 9.59 Å². The normalized spacial score (nSPS) is 19.8. The predicted octanol–water partition coefficient (Wildman–Crippen LogP) is 6.30. The van der Waals surface area contributed by atoms with Crippen LogP contribution >= 0.6 is 0 Å². The van der Waals surface area contributed by atoms with Gasteiger partial charge in [-0.05, 0) is 54.7 Å². The smallest absolute Gasteiger partial charge is 0.329 e. The highest BCUT2D eigenvalue weighted by Gasteiger charge is 2.52. The molecule has 4 aromatic rings. The molecule has 3 amide bonds. The highest BCUT2D eigenvalue weighted by Crippen LogP contribution is 2.39. The number of hydrogen-bond donors (Lipinski definition) is 1. The summed E-state index contributed by atoms with van der Waals surface area (Å²) in [6, 6.07) is 35.3. The standard InChI is InChI=1S/C35H33N3O4/c39-33(31(25-14-5-1-6-15-25)26-16-7-2-8-17-26)38-29-22-13-23-30(38)32(34(40)41)36(24-29)35(42)37(27-18-9-3-10-19-27)28-20-11-4-12-21-28/h1-12,14-21,29-32H,13,22-24H2,(H,40,41)/t29-,30?,32-/m0/s1. The van der Waals surface area contributed by atoms with E-state index in [1.54, 1.807) is 9.80 Å². The van der Waals surface area contributed by atoms with E-state index in [4.69, 9.17) is 0 Å². The molecule has 4 aromatic carbocycles. The number of amides is 3. The zero-order valence-corrected chi connectivity index (χ0v) is 23.2. The average Bonchev–Trinajstić information content (AvgIpc) is 3.02. The van der Waals surface area contributed by atoms with Crippen LogP contribution in [0.5, 0.6) is 0 Å². The minimum absolute atomic E-state index is 0.122. The second-order valence-corrected chi connectivity index (χ2v) is 10.9. The molecule has 3 atom stereocenters. The number of carboxylic acid groups (broad SMARTS) is 1. The van der Waals surface area contributed by atoms with Gasteiger partial charge in [-0.15, -0.1) is 0 Å². The molecule has 212 valence electrons. The van der Waals surface area contributed by atoms with Crippen molar-refractivity contribution in [3.05, 3.63) is 132 Å². The van der Waals surface area contributed by atoms with E-state index in [1.165, 1.54) is 4.90 Å². The van der Waals surface area contributed by atoms with Crippen LogP contribution in [0.1, 0.15) is 36.3 Å². The number of fused-ring (bicyclic) bond motifs is 2. The maximum absolute atomic E-state index is 14.6. The van der Waals surface area contributed by atoms with Crippen LogP contribution in [0.3, 0.4) is 0 Å². The SMILES string of the molecule is O=C(O)[C@@H]1C2CCC[C@@H](CN1C(=O)N(c1ccccc1)c1ccccc1)N2C(=O)C(c1ccccc1)c1ccccc1. The summed E-state index contributed by atoms with van der Waals surface area (Å²) in [6.45, 7) is 0.143. The van der Waals surface area contributed by atoms with Crippen molar-refractivity contribution in [3.8, 4) is 0 Å². The zero-order chi connectivity index (χ0) is 29.1. The van der Waals surface area contributed by atoms with E-state index < -0.39 is 30.0 Å². The number of rotatable bonds is 6. The van der Waals surface area contributed by atoms with E-state index >= 15 is 0 Å². The number of carboxylic acids is 1. The lowest BCUT2D eigenvalue weighted by atomic mass is 9.82. The molecule has 2 heterocycles. The average molecular weight is 560 g/mol. The number of carbonyl (C=O) groups excluding carboxylic acids is 2. The Morgan fingerprint density at radius 3 is 1.64 bits per heavy atom. The summed E-state index contributed by atoms with van der Waals surface area (Å²) < 4.78 is 0. The van der Waals surface area contributed by atoms with Crippen molar-refractivity contribution >= 4 is 29.3 Å². The van der Waals surface area contributed by atoms with E-state index in [0.29, 0.717) is 24.2 Å². The van der Waals surface area contributed by atoms with E-state index in [0.717, 1.165) is 17.5 Å². The van der Waals surface area contributed by atoms with Crippen LogP contribution in [0.25, 0.3) is 0 Å². The van der Waals surface area contributed by atoms with Crippen molar-refractivity contribution in [2.24, 2.45) is 0 Å². The third kappa shape index (κ3) is 5.14. The first-order chi connectivity index (χ1) is 20.5. The molecule has 1 unspecified atom stereocenters. The Morgan fingerprint density at radius 2 is 1.17 bits per heavy atom. The van der Waals surface area contributed by atoms with Gasteiger partial charge < -0.3 is 14.9 Å². The third-order valence-electron chi connectivity index (χ3n) is 8.38. The lowest BCUT2D eigenvalue weighted by Gasteiger charge is -2.54. The van der Waals surface area contributed by atoms with Gasteiger partial charge in [0.05, 0.1) is 23.3 Å². The highest BCUT2D eigenvalue weighted by atomic mass is 16.4. The minimum atomic E-state index is -1.18. The van der Waals surface area contributed by atoms with Gasteiger partial charge in [-0.2, -0.15) is 0 Å². The number of urea groups is 1. The molecule has 2 aliphatic heterocycles. The summed E-state index contributed by atoms with van der Waals surface area (Å²) in [7, 11) is 0. The number of hydrogen-bond acceptors (Lipinski definition) is 3. The molecule has 6 rings (SSSR count). The summed E-state index contributed by atoms with van der Waals surface area (Å²) in [5.74, 6) is -1.80. The van der Waals surface area contributed by atoms with Crippen molar-refractivity contribution in [2.45, 2.75) is 43.3 Å². The predicted molar refractivity (Wildman–Crippen MR) is 162 cm³/mol. The van der Waals surface area contributed by atoms with Crippen molar-refractivity contribution in [1.29, 1.82) is 0 Å². The molecule has 2 saturated heterocycles. The van der Waals surface area contributed by atoms with Crippen LogP contribution in [0.4, 0.5) is 16.2 Å². The maximum atomic E-state index is 14.6. The second kappa shape index (κ2) is 11.9. The minimum Gasteiger partial charge on any atom is -0.480 e. The van der Waals surface area contributed by atoms with Crippen molar-refractivity contribution in [2.75, 3.05) is 11.4 Å². The molecule has 42 heavy (non-hydrogen) atoms. The maximum Gasteiger partial charge on any atom is 0.329 e. The fraction of sp³-hybridized carbons (Fsp3) is 0.229. The first-order valence-electron chi connectivity index (χ1n) is 14.4. The third-order valence-corrected chi connectivity index (χ3v) is 8.38. The quantitative estimate of drug-likeness (QED) is 0.301. The molecule has 0 aromatic heterocycles. The molecular weight excluding hydrogens is 526 g/mol. The van der Waals surface area contributed by atoms with Crippen molar-refractivity contribution in [1.82, 2.24) is 9.80 Å². The molecule has 2 aliphatic rings. The summed E-state index contributed by atoms with van der Waals surface area (Å²) in [5.41, 5.74) is 3.01. The Hall–Kier alpha value is -4.91. The molecule has 7 heteroatoms. The molecular formula is C35H33N3O4. The topological polar surface area (TPSA) is 81.2 Å². The van der Waals surface area contributed by atoms with Crippen LogP contribution in [0, 0.1) is 0 Å². The lowest BCUT2D eigenvalue weighted by Crippen LogP contribution is -2.71. The zero-order valence-electron chi connectivity index (χ0n) is 23.2. The Morgan fingerprint density at radius 1 is 0.690 bits per heavy atom. The van der Waals surface area contributed by atoms with Gasteiger partial charge in [0.15, 0.2) is 6.04 Å². The Labute approximate surface area is 245 Å². The number of piperazine rings is 1.